The van der Waals surface area contributed by atoms with Gasteiger partial charge in [-0.2, -0.15) is 10.4 Å². The number of hydrogen-bond donors (Lipinski definition) is 5. The van der Waals surface area contributed by atoms with Gasteiger partial charge in [0.2, 0.25) is 0 Å². The van der Waals surface area contributed by atoms with Crippen molar-refractivity contribution in [1.29, 1.82) is 5.26 Å². The van der Waals surface area contributed by atoms with Gasteiger partial charge in [-0.15, -0.1) is 0 Å². The highest BCUT2D eigenvalue weighted by molar-refractivity contribution is 5.65. The third kappa shape index (κ3) is 18.0. The number of rotatable bonds is 7. The Morgan fingerprint density at radius 1 is 1.27 bits per heavy atom. The number of aliphatic carboxylic acids is 1. The first-order chi connectivity index (χ1) is 15.7. The molecule has 0 aliphatic heterocycles. The molecule has 2 aromatic rings. The Kier molecular flexibility index (Phi) is 19.8. The summed E-state index contributed by atoms with van der Waals surface area (Å²) in [6.07, 6.45) is 8.84. The molecule has 1 aromatic heterocycles. The predicted molar refractivity (Wildman–Crippen MR) is 133 cm³/mol. The fraction of sp³-hybridized carbons (Fsp3) is 0.458. The molecule has 1 heterocycles. The quantitative estimate of drug-likeness (QED) is 0.309. The number of carboxylic acid groups (broad SMARTS) is 1. The second kappa shape index (κ2) is 20.5. The summed E-state index contributed by atoms with van der Waals surface area (Å²) >= 11 is 0. The van der Waals surface area contributed by atoms with Crippen molar-refractivity contribution in [2.24, 2.45) is 11.5 Å². The van der Waals surface area contributed by atoms with Crippen LogP contribution in [0.2, 0.25) is 0 Å². The van der Waals surface area contributed by atoms with E-state index < -0.39 is 5.97 Å². The van der Waals surface area contributed by atoms with Gasteiger partial charge in [0.15, 0.2) is 0 Å². The average molecular weight is 461 g/mol. The number of nitrogens with two attached hydrogens (primary N) is 2. The normalized spacial score (nSPS) is 9.48. The zero-order valence-electron chi connectivity index (χ0n) is 20.5. The number of carbonyl (C=O) groups is 1. The maximum absolute atomic E-state index is 9.57. The number of phenolic OH excluding ortho intramolecular Hbond substituents is 1. The van der Waals surface area contributed by atoms with Crippen LogP contribution >= 0.6 is 0 Å². The molecule has 0 atom stereocenters. The van der Waals surface area contributed by atoms with Crippen LogP contribution in [0.3, 0.4) is 0 Å². The molecule has 0 aliphatic carbocycles. The lowest BCUT2D eigenvalue weighted by atomic mass is 10.1. The van der Waals surface area contributed by atoms with Gasteiger partial charge < -0.3 is 27.0 Å². The van der Waals surface area contributed by atoms with Gasteiger partial charge in [-0.05, 0) is 68.8 Å². The molecule has 184 valence electrons. The Hall–Kier alpha value is -3.35. The minimum atomic E-state index is -0.833. The molecule has 2 rings (SSSR count). The van der Waals surface area contributed by atoms with E-state index in [9.17, 15) is 5.11 Å². The number of aryl methyl sites for hydroxylation is 2. The Morgan fingerprint density at radius 2 is 1.91 bits per heavy atom. The first kappa shape index (κ1) is 31.8. The van der Waals surface area contributed by atoms with Crippen LogP contribution in [0.25, 0.3) is 11.3 Å². The SMILES string of the molecule is CC(=O)O.CCC/C=C\N.CCCNCN.Cc1cc(O)cc(-c2nn(CC#N)cc2C)c1. The maximum Gasteiger partial charge on any atom is 0.300 e. The van der Waals surface area contributed by atoms with E-state index in [4.69, 9.17) is 26.6 Å². The summed E-state index contributed by atoms with van der Waals surface area (Å²) in [5, 5.41) is 32.9. The molecule has 0 spiro atoms. The minimum absolute atomic E-state index is 0.231. The van der Waals surface area contributed by atoms with E-state index >= 15 is 0 Å². The Bertz CT molecular complexity index is 828. The second-order valence-corrected chi connectivity index (χ2v) is 7.01. The van der Waals surface area contributed by atoms with Gasteiger partial charge in [-0.3, -0.25) is 9.48 Å². The third-order valence-electron chi connectivity index (χ3n) is 3.68. The molecule has 1 aromatic carbocycles. The number of carboxylic acids is 1. The van der Waals surface area contributed by atoms with Crippen LogP contribution in [0, 0.1) is 25.2 Å². The number of nitrogens with zero attached hydrogens (tertiary/aromatic N) is 3. The molecule has 0 aliphatic rings. The minimum Gasteiger partial charge on any atom is -0.508 e. The monoisotopic (exact) mass is 460 g/mol. The van der Waals surface area contributed by atoms with Gasteiger partial charge in [0.05, 0.1) is 11.8 Å². The van der Waals surface area contributed by atoms with Crippen LogP contribution < -0.4 is 16.8 Å². The van der Waals surface area contributed by atoms with E-state index in [-0.39, 0.29) is 12.3 Å². The van der Waals surface area contributed by atoms with Gasteiger partial charge in [0, 0.05) is 25.4 Å². The van der Waals surface area contributed by atoms with Crippen molar-refractivity contribution in [2.45, 2.75) is 60.4 Å². The molecule has 7 N–H and O–H groups in total. The van der Waals surface area contributed by atoms with Crippen molar-refractivity contribution in [3.05, 3.63) is 47.8 Å². The van der Waals surface area contributed by atoms with Crippen LogP contribution in [0.5, 0.6) is 5.75 Å². The standard InChI is InChI=1S/C13H13N3O.C5H11N.C4H12N2.C2H4O2/c1-9-5-11(7-12(17)6-9)13-10(2)8-16(15-13)4-3-14;1-2-3-4-5-6;1-2-3-6-4-5;1-2(3)4/h5-8,17H,4H2,1-2H3;4-5H,2-3,6H2,1H3;6H,2-5H2,1H3;1H3,(H,3,4)/b;5-4-;;. The van der Waals surface area contributed by atoms with E-state index in [1.165, 1.54) is 6.42 Å². The second-order valence-electron chi connectivity index (χ2n) is 7.01. The van der Waals surface area contributed by atoms with E-state index in [1.54, 1.807) is 23.0 Å². The predicted octanol–water partition coefficient (Wildman–Crippen LogP) is 3.65. The summed E-state index contributed by atoms with van der Waals surface area (Å²) in [4.78, 5) is 9.00. The molecule has 9 heteroatoms. The molecule has 0 unspecified atom stereocenters. The highest BCUT2D eigenvalue weighted by Crippen LogP contribution is 2.26. The summed E-state index contributed by atoms with van der Waals surface area (Å²) < 4.78 is 1.60. The van der Waals surface area contributed by atoms with Gasteiger partial charge in [0.1, 0.15) is 12.3 Å². The van der Waals surface area contributed by atoms with E-state index in [1.807, 2.05) is 38.3 Å². The van der Waals surface area contributed by atoms with Crippen molar-refractivity contribution >= 4 is 5.97 Å². The lowest BCUT2D eigenvalue weighted by Crippen LogP contribution is -2.22. The topological polar surface area (TPSA) is 163 Å². The lowest BCUT2D eigenvalue weighted by Gasteiger charge is -2.02. The molecular formula is C24H40N6O3. The first-order valence-corrected chi connectivity index (χ1v) is 10.9. The van der Waals surface area contributed by atoms with Crippen molar-refractivity contribution in [3.8, 4) is 23.1 Å². The van der Waals surface area contributed by atoms with E-state index in [0.29, 0.717) is 6.67 Å². The van der Waals surface area contributed by atoms with E-state index in [2.05, 4.69) is 24.3 Å². The Morgan fingerprint density at radius 3 is 2.30 bits per heavy atom. The van der Waals surface area contributed by atoms with Crippen LogP contribution in [-0.2, 0) is 11.3 Å². The zero-order valence-corrected chi connectivity index (χ0v) is 20.5. The maximum atomic E-state index is 9.57. The number of phenols is 1. The number of nitriles is 1. The summed E-state index contributed by atoms with van der Waals surface area (Å²) in [5.41, 5.74) is 13.8. The first-order valence-electron chi connectivity index (χ1n) is 10.9. The molecule has 9 nitrogen and oxygen atoms in total. The van der Waals surface area contributed by atoms with Crippen LogP contribution in [-0.4, -0.2) is 39.2 Å². The highest BCUT2D eigenvalue weighted by atomic mass is 16.4. The number of aromatic nitrogens is 2. The van der Waals surface area contributed by atoms with Crippen molar-refractivity contribution in [2.75, 3.05) is 13.2 Å². The summed E-state index contributed by atoms with van der Waals surface area (Å²) in [6, 6.07) is 7.39. The summed E-state index contributed by atoms with van der Waals surface area (Å²) in [7, 11) is 0. The third-order valence-corrected chi connectivity index (χ3v) is 3.68. The van der Waals surface area contributed by atoms with Crippen molar-refractivity contribution < 1.29 is 15.0 Å². The largest absolute Gasteiger partial charge is 0.508 e. The average Bonchev–Trinajstić information content (AvgIpc) is 3.11. The number of benzene rings is 1. The van der Waals surface area contributed by atoms with Crippen molar-refractivity contribution in [1.82, 2.24) is 15.1 Å². The number of unbranched alkanes of at least 4 members (excludes halogenated alkanes) is 1. The summed E-state index contributed by atoms with van der Waals surface area (Å²) in [5.74, 6) is -0.603. The highest BCUT2D eigenvalue weighted by Gasteiger charge is 2.09. The smallest absolute Gasteiger partial charge is 0.300 e. The van der Waals surface area contributed by atoms with E-state index in [0.717, 1.165) is 48.7 Å². The molecule has 33 heavy (non-hydrogen) atoms. The molecule has 0 saturated heterocycles. The Labute approximate surface area is 197 Å². The van der Waals surface area contributed by atoms with Gasteiger partial charge in [0.25, 0.3) is 5.97 Å². The van der Waals surface area contributed by atoms with Crippen LogP contribution in [0.15, 0.2) is 36.7 Å². The fourth-order valence-electron chi connectivity index (χ4n) is 2.40. The molecule has 0 fully saturated rings. The Balaban J connectivity index is 0. The molecule has 0 saturated carbocycles. The molecular weight excluding hydrogens is 420 g/mol. The number of hydrogen-bond acceptors (Lipinski definition) is 7. The number of nitrogens with one attached hydrogen (secondary N) is 1. The van der Waals surface area contributed by atoms with Gasteiger partial charge in [-0.1, -0.05) is 26.3 Å². The number of aromatic hydroxyl groups is 1. The zero-order chi connectivity index (χ0) is 25.6. The lowest BCUT2D eigenvalue weighted by molar-refractivity contribution is -0.134. The van der Waals surface area contributed by atoms with Gasteiger partial charge >= 0.3 is 0 Å². The molecule has 0 radical (unpaired) electrons. The molecule has 0 bridgehead atoms. The van der Waals surface area contributed by atoms with Crippen LogP contribution in [0.1, 0.15) is 51.2 Å². The van der Waals surface area contributed by atoms with Crippen molar-refractivity contribution in [3.63, 3.8) is 0 Å². The summed E-state index contributed by atoms with van der Waals surface area (Å²) in [6.45, 7) is 11.1. The number of allylic oxidation sites excluding steroid dienone is 1. The molecule has 0 amide bonds. The van der Waals surface area contributed by atoms with Crippen LogP contribution in [0.4, 0.5) is 0 Å². The van der Waals surface area contributed by atoms with Gasteiger partial charge in [-0.25, -0.2) is 0 Å². The fourth-order valence-corrected chi connectivity index (χ4v) is 2.40.